The van der Waals surface area contributed by atoms with E-state index in [1.54, 1.807) is 16.9 Å². The number of amides is 1. The second kappa shape index (κ2) is 5.74. The Labute approximate surface area is 88.1 Å². The van der Waals surface area contributed by atoms with Crippen molar-refractivity contribution < 1.29 is 4.79 Å². The second-order valence-electron chi connectivity index (χ2n) is 2.56. The van der Waals surface area contributed by atoms with Gasteiger partial charge in [-0.2, -0.15) is 5.10 Å². The summed E-state index contributed by atoms with van der Waals surface area (Å²) in [4.78, 5) is 14.3. The highest BCUT2D eigenvalue weighted by Gasteiger charge is 1.99. The van der Waals surface area contributed by atoms with Crippen LogP contribution in [0.1, 0.15) is 19.5 Å². The van der Waals surface area contributed by atoms with Gasteiger partial charge in [0.15, 0.2) is 5.65 Å². The molecule has 80 valence electrons. The first-order valence-corrected chi connectivity index (χ1v) is 4.86. The predicted octanol–water partition coefficient (Wildman–Crippen LogP) is 1.00. The number of hydrogen-bond donors (Lipinski definition) is 1. The number of carbonyl (C=O) groups excluding carboxylic acids is 1. The molecule has 5 heteroatoms. The lowest BCUT2D eigenvalue weighted by Crippen LogP contribution is -2.09. The van der Waals surface area contributed by atoms with E-state index in [-0.39, 0.29) is 0 Å². The third kappa shape index (κ3) is 2.77. The number of nitrogens with one attached hydrogen (secondary N) is 1. The molecule has 5 nitrogen and oxygen atoms in total. The van der Waals surface area contributed by atoms with Crippen LogP contribution in [0.2, 0.25) is 0 Å². The van der Waals surface area contributed by atoms with E-state index >= 15 is 0 Å². The average Bonchev–Trinajstić information content (AvgIpc) is 2.71. The van der Waals surface area contributed by atoms with Crippen molar-refractivity contribution in [3.63, 3.8) is 0 Å². The second-order valence-corrected chi connectivity index (χ2v) is 2.56. The molecule has 0 bridgehead atoms. The molecule has 0 aliphatic rings. The van der Waals surface area contributed by atoms with Gasteiger partial charge in [-0.1, -0.05) is 13.8 Å². The Bertz CT molecular complexity index is 391. The first kappa shape index (κ1) is 11.2. The lowest BCUT2D eigenvalue weighted by atomic mass is 10.5. The van der Waals surface area contributed by atoms with E-state index in [4.69, 9.17) is 0 Å². The fourth-order valence-electron chi connectivity index (χ4n) is 1.11. The van der Waals surface area contributed by atoms with Crippen molar-refractivity contribution in [3.8, 4) is 0 Å². The Balaban J connectivity index is 0.000000531. The average molecular weight is 206 g/mol. The van der Waals surface area contributed by atoms with E-state index < -0.39 is 0 Å². The molecule has 1 amide bonds. The maximum atomic E-state index is 10.0. The van der Waals surface area contributed by atoms with E-state index in [0.29, 0.717) is 13.0 Å². The van der Waals surface area contributed by atoms with Crippen LogP contribution in [0, 0.1) is 0 Å². The minimum absolute atomic E-state index is 0.437. The molecule has 0 saturated heterocycles. The van der Waals surface area contributed by atoms with Gasteiger partial charge >= 0.3 is 0 Å². The molecule has 2 aromatic rings. The van der Waals surface area contributed by atoms with Crippen molar-refractivity contribution in [3.05, 3.63) is 30.2 Å². The summed E-state index contributed by atoms with van der Waals surface area (Å²) in [6, 6.07) is 3.68. The molecule has 2 aromatic heterocycles. The Hall–Kier alpha value is -1.91. The van der Waals surface area contributed by atoms with Gasteiger partial charge < -0.3 is 5.32 Å². The summed E-state index contributed by atoms with van der Waals surface area (Å²) in [6.45, 7) is 4.44. The van der Waals surface area contributed by atoms with E-state index in [1.807, 2.05) is 26.0 Å². The molecule has 1 N–H and O–H groups in total. The predicted molar refractivity (Wildman–Crippen MR) is 57.2 cm³/mol. The summed E-state index contributed by atoms with van der Waals surface area (Å²) in [7, 11) is 0. The quantitative estimate of drug-likeness (QED) is 0.762. The number of rotatable bonds is 3. The van der Waals surface area contributed by atoms with E-state index in [2.05, 4.69) is 15.4 Å². The number of imidazole rings is 1. The normalized spacial score (nSPS) is 9.20. The van der Waals surface area contributed by atoms with Crippen LogP contribution in [-0.2, 0) is 11.3 Å². The first-order valence-electron chi connectivity index (χ1n) is 4.86. The number of hydrogen-bond acceptors (Lipinski definition) is 3. The summed E-state index contributed by atoms with van der Waals surface area (Å²) in [6.07, 6.45) is 4.12. The zero-order valence-electron chi connectivity index (χ0n) is 8.84. The zero-order valence-corrected chi connectivity index (χ0v) is 8.84. The van der Waals surface area contributed by atoms with Gasteiger partial charge in [-0.05, 0) is 12.1 Å². The largest absolute Gasteiger partial charge is 0.353 e. The fourth-order valence-corrected chi connectivity index (χ4v) is 1.11. The molecule has 15 heavy (non-hydrogen) atoms. The van der Waals surface area contributed by atoms with E-state index in [9.17, 15) is 4.79 Å². The maximum absolute atomic E-state index is 10.0. The van der Waals surface area contributed by atoms with E-state index in [0.717, 1.165) is 11.3 Å². The third-order valence-electron chi connectivity index (χ3n) is 1.65. The number of carbonyl (C=O) groups is 1. The zero-order chi connectivity index (χ0) is 11.1. The van der Waals surface area contributed by atoms with Gasteiger partial charge in [0.25, 0.3) is 0 Å². The van der Waals surface area contributed by atoms with Gasteiger partial charge in [0, 0.05) is 6.20 Å². The molecule has 0 spiro atoms. The smallest absolute Gasteiger partial charge is 0.207 e. The molecular formula is C10H14N4O. The van der Waals surface area contributed by atoms with Crippen LogP contribution in [0.15, 0.2) is 24.5 Å². The Kier molecular flexibility index (Phi) is 4.28. The molecule has 0 saturated carbocycles. The molecule has 0 aromatic carbocycles. The van der Waals surface area contributed by atoms with Gasteiger partial charge in [0.2, 0.25) is 6.41 Å². The SMILES string of the molecule is CC.O=CNCc1cn2ncccc2n1. The molecule has 2 rings (SSSR count). The topological polar surface area (TPSA) is 59.3 Å². The molecule has 0 unspecified atom stereocenters. The van der Waals surface area contributed by atoms with Crippen LogP contribution in [-0.4, -0.2) is 21.0 Å². The van der Waals surface area contributed by atoms with Crippen molar-refractivity contribution in [2.45, 2.75) is 20.4 Å². The third-order valence-corrected chi connectivity index (χ3v) is 1.65. The molecule has 0 aliphatic heterocycles. The van der Waals surface area contributed by atoms with Crippen LogP contribution in [0.3, 0.4) is 0 Å². The Morgan fingerprint density at radius 2 is 2.33 bits per heavy atom. The summed E-state index contributed by atoms with van der Waals surface area (Å²) in [5.41, 5.74) is 1.58. The van der Waals surface area contributed by atoms with Crippen molar-refractivity contribution in [2.75, 3.05) is 0 Å². The van der Waals surface area contributed by atoms with Crippen molar-refractivity contribution >= 4 is 12.1 Å². The molecule has 2 heterocycles. The van der Waals surface area contributed by atoms with Gasteiger partial charge in [-0.3, -0.25) is 4.79 Å². The van der Waals surface area contributed by atoms with Gasteiger partial charge in [-0.25, -0.2) is 9.50 Å². The summed E-state index contributed by atoms with van der Waals surface area (Å²) >= 11 is 0. The van der Waals surface area contributed by atoms with Crippen LogP contribution in [0.4, 0.5) is 0 Å². The minimum Gasteiger partial charge on any atom is -0.353 e. The highest BCUT2D eigenvalue weighted by atomic mass is 16.1. The standard InChI is InChI=1S/C8H8N4O.C2H6/c13-6-9-4-7-5-12-8(11-7)2-1-3-10-12;1-2/h1-3,5-6H,4H2,(H,9,13);1-2H3. The number of nitrogens with zero attached hydrogens (tertiary/aromatic N) is 3. The van der Waals surface area contributed by atoms with Crippen LogP contribution >= 0.6 is 0 Å². The monoisotopic (exact) mass is 206 g/mol. The van der Waals surface area contributed by atoms with Crippen LogP contribution < -0.4 is 5.32 Å². The summed E-state index contributed by atoms with van der Waals surface area (Å²) in [5.74, 6) is 0. The highest BCUT2D eigenvalue weighted by Crippen LogP contribution is 2.01. The van der Waals surface area contributed by atoms with Crippen LogP contribution in [0.5, 0.6) is 0 Å². The molecule has 0 aliphatic carbocycles. The summed E-state index contributed by atoms with van der Waals surface area (Å²) < 4.78 is 1.67. The lowest BCUT2D eigenvalue weighted by Gasteiger charge is -1.89. The van der Waals surface area contributed by atoms with Gasteiger partial charge in [0.05, 0.1) is 18.4 Å². The van der Waals surface area contributed by atoms with E-state index in [1.165, 1.54) is 0 Å². The van der Waals surface area contributed by atoms with Crippen molar-refractivity contribution in [2.24, 2.45) is 0 Å². The Morgan fingerprint density at radius 3 is 3.00 bits per heavy atom. The summed E-state index contributed by atoms with van der Waals surface area (Å²) in [5, 5.41) is 6.59. The molecule has 0 fully saturated rings. The highest BCUT2D eigenvalue weighted by molar-refractivity contribution is 5.46. The van der Waals surface area contributed by atoms with Crippen molar-refractivity contribution in [1.29, 1.82) is 0 Å². The van der Waals surface area contributed by atoms with Crippen molar-refractivity contribution in [1.82, 2.24) is 19.9 Å². The van der Waals surface area contributed by atoms with Crippen LogP contribution in [0.25, 0.3) is 5.65 Å². The molecule has 0 radical (unpaired) electrons. The van der Waals surface area contributed by atoms with Gasteiger partial charge in [0.1, 0.15) is 0 Å². The Morgan fingerprint density at radius 1 is 1.53 bits per heavy atom. The first-order chi connectivity index (χ1) is 7.40. The fraction of sp³-hybridized carbons (Fsp3) is 0.300. The molecular weight excluding hydrogens is 192 g/mol. The number of fused-ring (bicyclic) bond motifs is 1. The van der Waals surface area contributed by atoms with Gasteiger partial charge in [-0.15, -0.1) is 0 Å². The number of aromatic nitrogens is 3. The molecule has 0 atom stereocenters. The minimum atomic E-state index is 0.437. The maximum Gasteiger partial charge on any atom is 0.207 e. The lowest BCUT2D eigenvalue weighted by molar-refractivity contribution is -0.109.